The number of aliphatic hydroxyl groups excluding tert-OH is 2. The van der Waals surface area contributed by atoms with E-state index in [0.717, 1.165) is 57.8 Å². The minimum Gasteiger partial charge on any atom is -0.462 e. The second-order valence-corrected chi connectivity index (χ2v) is 15.3. The molecule has 0 heterocycles. The Balaban J connectivity index is 4.50. The maximum Gasteiger partial charge on any atom is 0.472 e. The second-order valence-electron chi connectivity index (χ2n) is 13.8. The van der Waals surface area contributed by atoms with Crippen molar-refractivity contribution in [1.82, 2.24) is 0 Å². The van der Waals surface area contributed by atoms with Crippen LogP contribution in [0.25, 0.3) is 0 Å². The lowest BCUT2D eigenvalue weighted by Gasteiger charge is -2.19. The number of hydrogen-bond donors (Lipinski definition) is 4. The van der Waals surface area contributed by atoms with Crippen LogP contribution in [0.1, 0.15) is 117 Å². The summed E-state index contributed by atoms with van der Waals surface area (Å²) in [6.07, 6.45) is 52.7. The molecule has 61 heavy (non-hydrogen) atoms. The lowest BCUT2D eigenvalue weighted by atomic mass is 10.1. The van der Waals surface area contributed by atoms with E-state index in [1.807, 2.05) is 42.5 Å². The highest BCUT2D eigenvalue weighted by Gasteiger charge is 2.26. The van der Waals surface area contributed by atoms with Gasteiger partial charge in [-0.2, -0.15) is 0 Å². The fraction of sp³-hybridized carbons (Fsp3) is 0.510. The zero-order valence-electron chi connectivity index (χ0n) is 36.8. The van der Waals surface area contributed by atoms with E-state index in [-0.39, 0.29) is 32.6 Å². The van der Waals surface area contributed by atoms with Gasteiger partial charge in [0.05, 0.1) is 25.4 Å². The Hall–Kier alpha value is -3.93. The molecule has 11 nitrogen and oxygen atoms in total. The summed E-state index contributed by atoms with van der Waals surface area (Å²) in [4.78, 5) is 34.9. The summed E-state index contributed by atoms with van der Waals surface area (Å²) < 4.78 is 32.6. The third-order valence-electron chi connectivity index (χ3n) is 8.21. The number of phosphoric ester groups is 1. The molecular formula is C49H76NO10P. The minimum absolute atomic E-state index is 0.00667. The molecule has 0 aliphatic carbocycles. The van der Waals surface area contributed by atoms with Gasteiger partial charge < -0.3 is 30.3 Å². The van der Waals surface area contributed by atoms with Crippen LogP contribution in [0, 0.1) is 0 Å². The number of nitrogens with two attached hydrogens (primary N) is 1. The van der Waals surface area contributed by atoms with Gasteiger partial charge in [0.15, 0.2) is 6.10 Å². The predicted octanol–water partition coefficient (Wildman–Crippen LogP) is 10.7. The quantitative estimate of drug-likeness (QED) is 0.0153. The van der Waals surface area contributed by atoms with Crippen molar-refractivity contribution < 1.29 is 47.8 Å². The van der Waals surface area contributed by atoms with Gasteiger partial charge in [-0.1, -0.05) is 154 Å². The van der Waals surface area contributed by atoms with E-state index in [1.165, 1.54) is 0 Å². The lowest BCUT2D eigenvalue weighted by molar-refractivity contribution is -0.161. The highest BCUT2D eigenvalue weighted by Crippen LogP contribution is 2.43. The van der Waals surface area contributed by atoms with Gasteiger partial charge in [0.25, 0.3) is 0 Å². The third-order valence-corrected chi connectivity index (χ3v) is 9.19. The molecule has 4 atom stereocenters. The maximum absolute atomic E-state index is 12.6. The van der Waals surface area contributed by atoms with Gasteiger partial charge in [0.2, 0.25) is 0 Å². The molecule has 0 aromatic carbocycles. The Bertz CT molecular complexity index is 1490. The number of ether oxygens (including phenoxy) is 2. The second kappa shape index (κ2) is 42.7. The van der Waals surface area contributed by atoms with Crippen molar-refractivity contribution in [2.75, 3.05) is 26.4 Å². The van der Waals surface area contributed by atoms with Crippen LogP contribution in [0.5, 0.6) is 0 Å². The summed E-state index contributed by atoms with van der Waals surface area (Å²) in [5.41, 5.74) is 5.33. The summed E-state index contributed by atoms with van der Waals surface area (Å²) in [6, 6.07) is 0. The van der Waals surface area contributed by atoms with Crippen molar-refractivity contribution in [3.63, 3.8) is 0 Å². The SMILES string of the molecule is CC/C=C\C/C=C\C/C=C\C/C=C\C/C=C\CCCCCC(=O)OC[C@H](COP(=O)(O)OCCN)OC(=O)CCC/C=C\[C@@H](O)/C=C/C=C\C/C=C\C=C\[C@@H](O)C/C=C\CC. The van der Waals surface area contributed by atoms with Crippen molar-refractivity contribution in [3.8, 4) is 0 Å². The van der Waals surface area contributed by atoms with Crippen molar-refractivity contribution >= 4 is 19.8 Å². The molecule has 0 bridgehead atoms. The van der Waals surface area contributed by atoms with Crippen molar-refractivity contribution in [1.29, 1.82) is 0 Å². The number of phosphoric acid groups is 1. The molecule has 0 radical (unpaired) electrons. The number of aliphatic hydroxyl groups is 2. The molecule has 0 aliphatic rings. The highest BCUT2D eigenvalue weighted by atomic mass is 31.2. The molecule has 0 spiro atoms. The average Bonchev–Trinajstić information content (AvgIpc) is 3.24. The molecule has 0 aliphatic heterocycles. The van der Waals surface area contributed by atoms with Gasteiger partial charge in [-0.25, -0.2) is 4.57 Å². The van der Waals surface area contributed by atoms with Gasteiger partial charge in [-0.15, -0.1) is 0 Å². The van der Waals surface area contributed by atoms with Gasteiger partial charge >= 0.3 is 19.8 Å². The van der Waals surface area contributed by atoms with Gasteiger partial charge in [0, 0.05) is 19.4 Å². The van der Waals surface area contributed by atoms with Crippen LogP contribution in [0.15, 0.2) is 134 Å². The van der Waals surface area contributed by atoms with Gasteiger partial charge in [-0.05, 0) is 83.5 Å². The van der Waals surface area contributed by atoms with Crippen LogP contribution in [-0.2, 0) is 32.7 Å². The summed E-state index contributed by atoms with van der Waals surface area (Å²) >= 11 is 0. The largest absolute Gasteiger partial charge is 0.472 e. The summed E-state index contributed by atoms with van der Waals surface area (Å²) in [6.45, 7) is 3.12. The smallest absolute Gasteiger partial charge is 0.462 e. The first-order valence-electron chi connectivity index (χ1n) is 21.9. The molecule has 342 valence electrons. The number of carbonyl (C=O) groups is 2. The van der Waals surface area contributed by atoms with Crippen LogP contribution in [0.3, 0.4) is 0 Å². The Morgan fingerprint density at radius 2 is 1.15 bits per heavy atom. The van der Waals surface area contributed by atoms with Crippen molar-refractivity contribution in [2.45, 2.75) is 135 Å². The van der Waals surface area contributed by atoms with E-state index in [0.29, 0.717) is 32.1 Å². The Morgan fingerprint density at radius 3 is 1.79 bits per heavy atom. The fourth-order valence-electron chi connectivity index (χ4n) is 4.99. The molecule has 0 aromatic heterocycles. The van der Waals surface area contributed by atoms with E-state index in [1.54, 1.807) is 30.4 Å². The standard InChI is InChI=1S/C49H76NO10P/c1-3-5-7-8-9-10-11-12-13-14-15-16-17-18-19-20-24-27-33-39-48(53)57-43-47(44-59-61(55,56)58-42-41-50)60-49(54)40-34-28-32-38-46(52)37-31-26-23-21-22-25-30-36-45(51)35-29-6-4-2/h5-7,9-10,12-13,15-16,18-19,22-23,25-26,29-32,36-38,45-47,51-52H,3-4,8,11,14,17,20-21,24,27-28,33-35,39-44,50H2,1-2H3,(H,55,56)/b7-5-,10-9-,13-12-,16-15-,19-18-,25-22-,26-23-,29-6-,36-30+,37-31+,38-32-/t45-,46-,47+/m0/s1. The normalized spacial score (nSPS) is 15.6. The summed E-state index contributed by atoms with van der Waals surface area (Å²) in [5, 5.41) is 20.0. The van der Waals surface area contributed by atoms with Crippen LogP contribution in [-0.4, -0.2) is 71.7 Å². The van der Waals surface area contributed by atoms with E-state index in [2.05, 4.69) is 74.6 Å². The van der Waals surface area contributed by atoms with Crippen molar-refractivity contribution in [2.24, 2.45) is 5.73 Å². The predicted molar refractivity (Wildman–Crippen MR) is 249 cm³/mol. The van der Waals surface area contributed by atoms with Crippen molar-refractivity contribution in [3.05, 3.63) is 134 Å². The Morgan fingerprint density at radius 1 is 0.590 bits per heavy atom. The molecule has 0 fully saturated rings. The minimum atomic E-state index is -4.45. The van der Waals surface area contributed by atoms with Gasteiger partial charge in [0.1, 0.15) is 6.61 Å². The number of hydrogen-bond acceptors (Lipinski definition) is 10. The number of esters is 2. The molecule has 0 amide bonds. The van der Waals surface area contributed by atoms with E-state index >= 15 is 0 Å². The monoisotopic (exact) mass is 870 g/mol. The molecule has 0 saturated carbocycles. The van der Waals surface area contributed by atoms with Gasteiger partial charge in [-0.3, -0.25) is 18.6 Å². The molecule has 1 unspecified atom stereocenters. The molecule has 0 saturated heterocycles. The number of carbonyl (C=O) groups excluding carboxylic acids is 2. The number of rotatable bonds is 38. The molecular weight excluding hydrogens is 794 g/mol. The van der Waals surface area contributed by atoms with Crippen LogP contribution in [0.4, 0.5) is 0 Å². The highest BCUT2D eigenvalue weighted by molar-refractivity contribution is 7.47. The first-order valence-corrected chi connectivity index (χ1v) is 23.4. The first-order chi connectivity index (χ1) is 29.6. The van der Waals surface area contributed by atoms with Crippen LogP contribution >= 0.6 is 7.82 Å². The topological polar surface area (TPSA) is 175 Å². The molecule has 5 N–H and O–H groups in total. The Labute approximate surface area is 367 Å². The summed E-state index contributed by atoms with van der Waals surface area (Å²) in [7, 11) is -4.45. The maximum atomic E-state index is 12.6. The van der Waals surface area contributed by atoms with E-state index < -0.39 is 44.7 Å². The zero-order valence-corrected chi connectivity index (χ0v) is 37.7. The number of allylic oxidation sites excluding steroid dienone is 18. The Kier molecular flexibility index (Phi) is 40.0. The fourth-order valence-corrected chi connectivity index (χ4v) is 5.75. The molecule has 12 heteroatoms. The first kappa shape index (κ1) is 57.1. The van der Waals surface area contributed by atoms with Crippen LogP contribution in [0.2, 0.25) is 0 Å². The molecule has 0 rings (SSSR count). The summed E-state index contributed by atoms with van der Waals surface area (Å²) in [5.74, 6) is -1.07. The lowest BCUT2D eigenvalue weighted by Crippen LogP contribution is -2.29. The van der Waals surface area contributed by atoms with Crippen LogP contribution < -0.4 is 5.73 Å². The molecule has 0 aromatic rings. The zero-order chi connectivity index (χ0) is 44.9. The average molecular weight is 870 g/mol. The number of unbranched alkanes of at least 4 members (excludes halogenated alkanes) is 4. The third kappa shape index (κ3) is 42.5. The van der Waals surface area contributed by atoms with E-state index in [4.69, 9.17) is 24.3 Å². The van der Waals surface area contributed by atoms with E-state index in [9.17, 15) is 29.3 Å².